The fourth-order valence-electron chi connectivity index (χ4n) is 2.38. The average Bonchev–Trinajstić information content (AvgIpc) is 3.03. The van der Waals surface area contributed by atoms with E-state index in [2.05, 4.69) is 15.0 Å². The minimum Gasteiger partial charge on any atom is -0.466 e. The van der Waals surface area contributed by atoms with Gasteiger partial charge in [-0.25, -0.2) is 9.48 Å². The van der Waals surface area contributed by atoms with Crippen LogP contribution in [0.25, 0.3) is 17.3 Å². The van der Waals surface area contributed by atoms with Gasteiger partial charge in [0.15, 0.2) is 0 Å². The number of carbonyl (C=O) groups is 1. The van der Waals surface area contributed by atoms with Gasteiger partial charge in [0, 0.05) is 11.6 Å². The summed E-state index contributed by atoms with van der Waals surface area (Å²) in [6.45, 7) is 0.571. The number of hydrogen-bond donors (Lipinski definition) is 0. The van der Waals surface area contributed by atoms with Crippen molar-refractivity contribution in [1.29, 1.82) is 0 Å². The highest BCUT2D eigenvalue weighted by Gasteiger charge is 2.13. The summed E-state index contributed by atoms with van der Waals surface area (Å²) >= 11 is 0. The molecule has 3 aromatic rings. The zero-order valence-corrected chi connectivity index (χ0v) is 13.3. The van der Waals surface area contributed by atoms with Crippen molar-refractivity contribution in [3.63, 3.8) is 0 Å². The lowest BCUT2D eigenvalue weighted by Gasteiger charge is -2.05. The summed E-state index contributed by atoms with van der Waals surface area (Å²) in [7, 11) is 1.35. The van der Waals surface area contributed by atoms with Gasteiger partial charge in [-0.15, -0.1) is 5.10 Å². The van der Waals surface area contributed by atoms with Crippen LogP contribution in [0, 0.1) is 0 Å². The minimum absolute atomic E-state index is 0.415. The van der Waals surface area contributed by atoms with Crippen molar-refractivity contribution in [3.05, 3.63) is 78.0 Å². The number of benzene rings is 2. The molecule has 0 unspecified atom stereocenters. The summed E-state index contributed by atoms with van der Waals surface area (Å²) in [5.41, 5.74) is 3.54. The van der Waals surface area contributed by atoms with Gasteiger partial charge >= 0.3 is 5.97 Å². The predicted molar refractivity (Wildman–Crippen MR) is 92.1 cm³/mol. The lowest BCUT2D eigenvalue weighted by atomic mass is 10.1. The SMILES string of the molecule is COC(=O)/C=C/c1c(-c2ccccc2)nnn1Cc1ccccc1. The van der Waals surface area contributed by atoms with Crippen molar-refractivity contribution in [2.75, 3.05) is 7.11 Å². The molecule has 120 valence electrons. The lowest BCUT2D eigenvalue weighted by Crippen LogP contribution is -2.04. The second-order valence-corrected chi connectivity index (χ2v) is 5.19. The molecule has 0 atom stereocenters. The molecule has 0 amide bonds. The van der Waals surface area contributed by atoms with E-state index in [0.29, 0.717) is 6.54 Å². The van der Waals surface area contributed by atoms with Crippen molar-refractivity contribution in [3.8, 4) is 11.3 Å². The largest absolute Gasteiger partial charge is 0.466 e. The zero-order valence-electron chi connectivity index (χ0n) is 13.3. The summed E-state index contributed by atoms with van der Waals surface area (Å²) < 4.78 is 6.45. The van der Waals surface area contributed by atoms with E-state index in [1.807, 2.05) is 60.7 Å². The Morgan fingerprint density at radius 3 is 2.42 bits per heavy atom. The van der Waals surface area contributed by atoms with E-state index in [1.54, 1.807) is 10.8 Å². The van der Waals surface area contributed by atoms with Crippen LogP contribution >= 0.6 is 0 Å². The van der Waals surface area contributed by atoms with Gasteiger partial charge in [0.1, 0.15) is 5.69 Å². The first-order chi connectivity index (χ1) is 11.8. The van der Waals surface area contributed by atoms with E-state index in [0.717, 1.165) is 22.5 Å². The smallest absolute Gasteiger partial charge is 0.330 e. The maximum atomic E-state index is 11.5. The van der Waals surface area contributed by atoms with Crippen LogP contribution < -0.4 is 0 Å². The number of carbonyl (C=O) groups excluding carboxylic acids is 1. The van der Waals surface area contributed by atoms with Crippen LogP contribution in [0.15, 0.2) is 66.7 Å². The van der Waals surface area contributed by atoms with Gasteiger partial charge in [-0.3, -0.25) is 0 Å². The molecule has 0 saturated heterocycles. The highest BCUT2D eigenvalue weighted by atomic mass is 16.5. The Bertz CT molecular complexity index is 840. The van der Waals surface area contributed by atoms with Gasteiger partial charge in [0.2, 0.25) is 0 Å². The Hall–Kier alpha value is -3.21. The molecule has 0 aliphatic heterocycles. The molecule has 1 aromatic heterocycles. The Labute approximate surface area is 140 Å². The normalized spacial score (nSPS) is 10.9. The third-order valence-electron chi connectivity index (χ3n) is 3.57. The van der Waals surface area contributed by atoms with E-state index < -0.39 is 5.97 Å². The second kappa shape index (κ2) is 7.37. The van der Waals surface area contributed by atoms with Crippen LogP contribution in [-0.4, -0.2) is 28.1 Å². The lowest BCUT2D eigenvalue weighted by molar-refractivity contribution is -0.134. The number of ether oxygens (including phenoxy) is 1. The minimum atomic E-state index is -0.415. The number of esters is 1. The van der Waals surface area contributed by atoms with Gasteiger partial charge in [0.25, 0.3) is 0 Å². The summed E-state index contributed by atoms with van der Waals surface area (Å²) in [6.07, 6.45) is 3.07. The third-order valence-corrected chi connectivity index (χ3v) is 3.57. The van der Waals surface area contributed by atoms with Gasteiger partial charge in [-0.1, -0.05) is 65.9 Å². The molecule has 1 heterocycles. The number of rotatable bonds is 5. The maximum absolute atomic E-state index is 11.5. The number of methoxy groups -OCH3 is 1. The molecule has 0 spiro atoms. The molecule has 0 aliphatic rings. The van der Waals surface area contributed by atoms with Crippen molar-refractivity contribution in [2.24, 2.45) is 0 Å². The van der Waals surface area contributed by atoms with Crippen molar-refractivity contribution in [1.82, 2.24) is 15.0 Å². The van der Waals surface area contributed by atoms with E-state index in [4.69, 9.17) is 0 Å². The number of nitrogens with zero attached hydrogens (tertiary/aromatic N) is 3. The van der Waals surface area contributed by atoms with Crippen molar-refractivity contribution < 1.29 is 9.53 Å². The Balaban J connectivity index is 2.01. The molecule has 0 aliphatic carbocycles. The van der Waals surface area contributed by atoms with Crippen LogP contribution in [0.5, 0.6) is 0 Å². The molecule has 5 nitrogen and oxygen atoms in total. The second-order valence-electron chi connectivity index (χ2n) is 5.19. The van der Waals surface area contributed by atoms with Crippen LogP contribution in [-0.2, 0) is 16.1 Å². The van der Waals surface area contributed by atoms with Crippen LogP contribution in [0.4, 0.5) is 0 Å². The van der Waals surface area contributed by atoms with Gasteiger partial charge < -0.3 is 4.74 Å². The van der Waals surface area contributed by atoms with E-state index in [9.17, 15) is 4.79 Å². The van der Waals surface area contributed by atoms with E-state index in [1.165, 1.54) is 13.2 Å². The average molecular weight is 319 g/mol. The molecule has 0 radical (unpaired) electrons. The molecule has 0 bridgehead atoms. The highest BCUT2D eigenvalue weighted by Crippen LogP contribution is 2.22. The predicted octanol–water partition coefficient (Wildman–Crippen LogP) is 3.18. The Morgan fingerprint density at radius 2 is 1.75 bits per heavy atom. The molecular formula is C19H17N3O2. The number of hydrogen-bond acceptors (Lipinski definition) is 4. The van der Waals surface area contributed by atoms with Crippen molar-refractivity contribution in [2.45, 2.75) is 6.54 Å². The number of aromatic nitrogens is 3. The summed E-state index contributed by atoms with van der Waals surface area (Å²) in [5.74, 6) is -0.415. The van der Waals surface area contributed by atoms with E-state index in [-0.39, 0.29) is 0 Å². The monoisotopic (exact) mass is 319 g/mol. The molecule has 0 fully saturated rings. The Kier molecular flexibility index (Phi) is 4.81. The summed E-state index contributed by atoms with van der Waals surface area (Å²) in [4.78, 5) is 11.5. The van der Waals surface area contributed by atoms with Crippen LogP contribution in [0.1, 0.15) is 11.3 Å². The Morgan fingerprint density at radius 1 is 1.08 bits per heavy atom. The molecule has 0 N–H and O–H groups in total. The maximum Gasteiger partial charge on any atom is 0.330 e. The first-order valence-corrected chi connectivity index (χ1v) is 7.57. The zero-order chi connectivity index (χ0) is 16.8. The topological polar surface area (TPSA) is 57.0 Å². The van der Waals surface area contributed by atoms with Gasteiger partial charge in [-0.2, -0.15) is 0 Å². The van der Waals surface area contributed by atoms with Crippen LogP contribution in [0.3, 0.4) is 0 Å². The quantitative estimate of drug-likeness (QED) is 0.535. The van der Waals surface area contributed by atoms with E-state index >= 15 is 0 Å². The van der Waals surface area contributed by atoms with Crippen molar-refractivity contribution >= 4 is 12.0 Å². The molecule has 0 saturated carbocycles. The van der Waals surface area contributed by atoms with Gasteiger partial charge in [-0.05, 0) is 11.6 Å². The highest BCUT2D eigenvalue weighted by molar-refractivity contribution is 5.88. The molecule has 5 heteroatoms. The standard InChI is InChI=1S/C19H17N3O2/c1-24-18(23)13-12-17-19(16-10-6-3-7-11-16)20-21-22(17)14-15-8-4-2-5-9-15/h2-13H,14H2,1H3/b13-12+. The summed E-state index contributed by atoms with van der Waals surface area (Å²) in [6, 6.07) is 19.7. The molecule has 24 heavy (non-hydrogen) atoms. The van der Waals surface area contributed by atoms with Crippen LogP contribution in [0.2, 0.25) is 0 Å². The fraction of sp³-hybridized carbons (Fsp3) is 0.105. The summed E-state index contributed by atoms with van der Waals surface area (Å²) in [5, 5.41) is 8.55. The van der Waals surface area contributed by atoms with Gasteiger partial charge in [0.05, 0.1) is 19.3 Å². The first kappa shape index (κ1) is 15.7. The molecule has 3 rings (SSSR count). The molecular weight excluding hydrogens is 302 g/mol. The molecule has 2 aromatic carbocycles. The third kappa shape index (κ3) is 3.57. The first-order valence-electron chi connectivity index (χ1n) is 7.57. The fourth-order valence-corrected chi connectivity index (χ4v) is 2.38.